The predicted molar refractivity (Wildman–Crippen MR) is 56.9 cm³/mol. The number of rotatable bonds is 5. The van der Waals surface area contributed by atoms with Crippen LogP contribution in [-0.2, 0) is 32.3 Å². The van der Waals surface area contributed by atoms with Crippen molar-refractivity contribution in [1.82, 2.24) is 0 Å². The van der Waals surface area contributed by atoms with E-state index in [0.717, 1.165) is 0 Å². The van der Waals surface area contributed by atoms with Crippen molar-refractivity contribution in [2.24, 2.45) is 0 Å². The highest BCUT2D eigenvalue weighted by molar-refractivity contribution is 7.87. The largest absolute Gasteiger partial charge is 0.523 e. The minimum absolute atomic E-state index is 0.278. The van der Waals surface area contributed by atoms with Gasteiger partial charge in [0, 0.05) is 7.11 Å². The molecule has 0 atom stereocenters. The summed E-state index contributed by atoms with van der Waals surface area (Å²) < 4.78 is 66.1. The van der Waals surface area contributed by atoms with Crippen molar-refractivity contribution in [1.29, 1.82) is 0 Å². The lowest BCUT2D eigenvalue weighted by Gasteiger charge is -2.09. The number of benzene rings is 1. The minimum Gasteiger partial charge on any atom is -0.380 e. The van der Waals surface area contributed by atoms with Crippen molar-refractivity contribution in [3.8, 4) is 0 Å². The highest BCUT2D eigenvalue weighted by atomic mass is 32.2. The normalized spacial score (nSPS) is 12.7. The molecule has 0 saturated carbocycles. The Morgan fingerprint density at radius 3 is 2.22 bits per heavy atom. The summed E-state index contributed by atoms with van der Waals surface area (Å²) in [6.07, 6.45) is 0. The van der Waals surface area contributed by atoms with Gasteiger partial charge in [0.05, 0.1) is 13.2 Å². The zero-order chi connectivity index (χ0) is 13.8. The van der Waals surface area contributed by atoms with E-state index in [-0.39, 0.29) is 6.61 Å². The van der Waals surface area contributed by atoms with Crippen molar-refractivity contribution >= 4 is 10.1 Å². The van der Waals surface area contributed by atoms with E-state index in [1.165, 1.54) is 19.2 Å². The maximum Gasteiger partial charge on any atom is 0.523 e. The lowest BCUT2D eigenvalue weighted by molar-refractivity contribution is -0.0547. The van der Waals surface area contributed by atoms with Crippen LogP contribution in [0.15, 0.2) is 24.3 Å². The first-order chi connectivity index (χ1) is 8.26. The highest BCUT2D eigenvalue weighted by Crippen LogP contribution is 2.25. The third-order valence-corrected chi connectivity index (χ3v) is 2.96. The van der Waals surface area contributed by atoms with Crippen molar-refractivity contribution < 1.29 is 30.5 Å². The maximum absolute atomic E-state index is 12.0. The summed E-state index contributed by atoms with van der Waals surface area (Å²) in [6.45, 7) is -0.390. The molecule has 8 heteroatoms. The third-order valence-electron chi connectivity index (χ3n) is 1.97. The minimum atomic E-state index is -5.55. The van der Waals surface area contributed by atoms with Gasteiger partial charge in [-0.25, -0.2) is 0 Å². The molecule has 0 amide bonds. The van der Waals surface area contributed by atoms with Gasteiger partial charge >= 0.3 is 15.6 Å². The molecule has 0 spiro atoms. The van der Waals surface area contributed by atoms with Crippen LogP contribution < -0.4 is 0 Å². The monoisotopic (exact) mass is 284 g/mol. The van der Waals surface area contributed by atoms with Crippen molar-refractivity contribution in [2.75, 3.05) is 7.11 Å². The zero-order valence-corrected chi connectivity index (χ0v) is 10.2. The van der Waals surface area contributed by atoms with Crippen LogP contribution in [0.2, 0.25) is 0 Å². The van der Waals surface area contributed by atoms with E-state index >= 15 is 0 Å². The Balaban J connectivity index is 2.72. The average molecular weight is 284 g/mol. The molecule has 0 unspecified atom stereocenters. The first kappa shape index (κ1) is 14.9. The van der Waals surface area contributed by atoms with Crippen LogP contribution >= 0.6 is 0 Å². The lowest BCUT2D eigenvalue weighted by Crippen LogP contribution is -2.25. The van der Waals surface area contributed by atoms with Gasteiger partial charge in [-0.05, 0) is 11.1 Å². The summed E-state index contributed by atoms with van der Waals surface area (Å²) in [5.74, 6) is 0. The Morgan fingerprint density at radius 2 is 1.72 bits per heavy atom. The van der Waals surface area contributed by atoms with Gasteiger partial charge < -0.3 is 4.74 Å². The molecule has 0 saturated heterocycles. The van der Waals surface area contributed by atoms with Crippen LogP contribution in [0.25, 0.3) is 0 Å². The number of hydrogen-bond acceptors (Lipinski definition) is 4. The van der Waals surface area contributed by atoms with Gasteiger partial charge in [0.2, 0.25) is 0 Å². The number of methoxy groups -OCH3 is 1. The average Bonchev–Trinajstić information content (AvgIpc) is 2.26. The van der Waals surface area contributed by atoms with E-state index in [1.54, 1.807) is 12.1 Å². The van der Waals surface area contributed by atoms with Gasteiger partial charge in [-0.3, -0.25) is 4.18 Å². The summed E-state index contributed by atoms with van der Waals surface area (Å²) in [6, 6.07) is 6.25. The van der Waals surface area contributed by atoms with Crippen LogP contribution in [0.3, 0.4) is 0 Å². The molecule has 1 rings (SSSR count). The second-order valence-corrected chi connectivity index (χ2v) is 5.02. The Hall–Kier alpha value is -1.12. The van der Waals surface area contributed by atoms with E-state index in [2.05, 4.69) is 4.18 Å². The van der Waals surface area contributed by atoms with Crippen molar-refractivity contribution in [3.63, 3.8) is 0 Å². The molecule has 102 valence electrons. The quantitative estimate of drug-likeness (QED) is 0.614. The molecule has 1 aromatic rings. The van der Waals surface area contributed by atoms with Crippen molar-refractivity contribution in [2.45, 2.75) is 18.7 Å². The van der Waals surface area contributed by atoms with Crippen LogP contribution in [0.1, 0.15) is 11.1 Å². The molecule has 4 nitrogen and oxygen atoms in total. The molecular formula is C10H11F3O4S. The van der Waals surface area contributed by atoms with E-state index < -0.39 is 22.2 Å². The number of hydrogen-bond donors (Lipinski definition) is 0. The summed E-state index contributed by atoms with van der Waals surface area (Å²) in [5.41, 5.74) is -4.38. The molecule has 0 bridgehead atoms. The smallest absolute Gasteiger partial charge is 0.380 e. The summed E-state index contributed by atoms with van der Waals surface area (Å²) in [7, 11) is -4.08. The number of halogens is 3. The molecule has 0 aliphatic carbocycles. The standard InChI is InChI=1S/C10H11F3O4S/c1-16-6-8-3-2-4-9(5-8)7-17-18(14,15)10(11,12)13/h2-5H,6-7H2,1H3. The molecular weight excluding hydrogens is 273 g/mol. The highest BCUT2D eigenvalue weighted by Gasteiger charge is 2.47. The molecule has 18 heavy (non-hydrogen) atoms. The molecule has 0 aromatic heterocycles. The van der Waals surface area contributed by atoms with Gasteiger partial charge in [-0.1, -0.05) is 24.3 Å². The maximum atomic E-state index is 12.0. The fourth-order valence-electron chi connectivity index (χ4n) is 1.19. The Bertz CT molecular complexity index is 496. The molecule has 1 aromatic carbocycles. The van der Waals surface area contributed by atoms with E-state index in [1.807, 2.05) is 0 Å². The summed E-state index contributed by atoms with van der Waals surface area (Å²) in [4.78, 5) is 0. The first-order valence-electron chi connectivity index (χ1n) is 4.79. The van der Waals surface area contributed by atoms with Gasteiger partial charge in [0.1, 0.15) is 0 Å². The molecule has 0 aliphatic rings. The fraction of sp³-hybridized carbons (Fsp3) is 0.400. The Kier molecular flexibility index (Phi) is 4.71. The summed E-state index contributed by atoms with van der Waals surface area (Å²) >= 11 is 0. The SMILES string of the molecule is COCc1cccc(COS(=O)(=O)C(F)(F)F)c1. The fourth-order valence-corrected chi connectivity index (χ4v) is 1.61. The molecule has 0 aliphatic heterocycles. The summed E-state index contributed by atoms with van der Waals surface area (Å²) in [5, 5.41) is 0. The van der Waals surface area contributed by atoms with E-state index in [9.17, 15) is 21.6 Å². The van der Waals surface area contributed by atoms with Gasteiger partial charge in [-0.2, -0.15) is 21.6 Å². The van der Waals surface area contributed by atoms with E-state index in [4.69, 9.17) is 4.74 Å². The molecule has 0 radical (unpaired) electrons. The first-order valence-corrected chi connectivity index (χ1v) is 6.19. The van der Waals surface area contributed by atoms with Crippen molar-refractivity contribution in [3.05, 3.63) is 35.4 Å². The van der Waals surface area contributed by atoms with Gasteiger partial charge in [-0.15, -0.1) is 0 Å². The zero-order valence-electron chi connectivity index (χ0n) is 9.40. The third kappa shape index (κ3) is 3.97. The number of alkyl halides is 3. The predicted octanol–water partition coefficient (Wildman–Crippen LogP) is 2.20. The van der Waals surface area contributed by atoms with Crippen LogP contribution in [-0.4, -0.2) is 21.0 Å². The Morgan fingerprint density at radius 1 is 1.17 bits per heavy atom. The topological polar surface area (TPSA) is 52.6 Å². The van der Waals surface area contributed by atoms with E-state index in [0.29, 0.717) is 11.1 Å². The lowest BCUT2D eigenvalue weighted by atomic mass is 10.1. The van der Waals surface area contributed by atoms with Crippen LogP contribution in [0.4, 0.5) is 13.2 Å². The van der Waals surface area contributed by atoms with Crippen LogP contribution in [0.5, 0.6) is 0 Å². The molecule has 0 N–H and O–H groups in total. The second kappa shape index (κ2) is 5.68. The Labute approximate surface area is 102 Å². The molecule has 0 heterocycles. The van der Waals surface area contributed by atoms with Gasteiger partial charge in [0.25, 0.3) is 0 Å². The van der Waals surface area contributed by atoms with Gasteiger partial charge in [0.15, 0.2) is 0 Å². The van der Waals surface area contributed by atoms with Crippen LogP contribution in [0, 0.1) is 0 Å². The number of ether oxygens (including phenoxy) is 1. The second-order valence-electron chi connectivity index (χ2n) is 3.42. The molecule has 0 fully saturated rings.